The zero-order valence-corrected chi connectivity index (χ0v) is 15.1. The molecule has 0 amide bonds. The standard InChI is InChI=1S/C26H18O/c1-17-9-8-15-23-25(17)27-24-16-7-6-14-22(24)26(23)20-12-4-2-10-18(20)19-11-3-5-13-21(19)26/h2-16H,1H3. The molecule has 4 aromatic rings. The van der Waals surface area contributed by atoms with E-state index in [0.717, 1.165) is 11.5 Å². The number of fused-ring (bicyclic) bond motifs is 9. The zero-order chi connectivity index (χ0) is 18.0. The summed E-state index contributed by atoms with van der Waals surface area (Å²) < 4.78 is 6.42. The van der Waals surface area contributed by atoms with E-state index in [-0.39, 0.29) is 5.41 Å². The van der Waals surface area contributed by atoms with Crippen LogP contribution in [-0.4, -0.2) is 0 Å². The van der Waals surface area contributed by atoms with Crippen molar-refractivity contribution in [1.82, 2.24) is 0 Å². The predicted octanol–water partition coefficient (Wildman–Crippen LogP) is 6.46. The van der Waals surface area contributed by atoms with Gasteiger partial charge in [-0.05, 0) is 40.8 Å². The largest absolute Gasteiger partial charge is 0.456 e. The summed E-state index contributed by atoms with van der Waals surface area (Å²) in [5.41, 5.74) is 8.61. The van der Waals surface area contributed by atoms with E-state index in [1.807, 2.05) is 0 Å². The number of hydrogen-bond donors (Lipinski definition) is 0. The predicted molar refractivity (Wildman–Crippen MR) is 109 cm³/mol. The molecular formula is C26H18O. The first-order valence-corrected chi connectivity index (χ1v) is 9.38. The maximum absolute atomic E-state index is 6.42. The molecule has 1 spiro atoms. The van der Waals surface area contributed by atoms with Gasteiger partial charge in [0.2, 0.25) is 0 Å². The van der Waals surface area contributed by atoms with Crippen LogP contribution in [0.4, 0.5) is 0 Å². The molecule has 0 fully saturated rings. The molecule has 0 unspecified atom stereocenters. The minimum atomic E-state index is -0.330. The molecule has 27 heavy (non-hydrogen) atoms. The van der Waals surface area contributed by atoms with Crippen molar-refractivity contribution in [2.24, 2.45) is 0 Å². The molecule has 1 nitrogen and oxygen atoms in total. The van der Waals surface area contributed by atoms with Crippen LogP contribution in [0.3, 0.4) is 0 Å². The number of aryl methyl sites for hydroxylation is 1. The van der Waals surface area contributed by atoms with Crippen molar-refractivity contribution in [1.29, 1.82) is 0 Å². The molecule has 0 aromatic heterocycles. The Morgan fingerprint density at radius 1 is 0.556 bits per heavy atom. The SMILES string of the molecule is Cc1cccc2c1Oc1ccccc1C21c2ccccc2-c2ccccc21. The van der Waals surface area contributed by atoms with Crippen LogP contribution in [-0.2, 0) is 5.41 Å². The van der Waals surface area contributed by atoms with Crippen LogP contribution in [0.1, 0.15) is 27.8 Å². The molecule has 1 aliphatic carbocycles. The molecule has 0 saturated heterocycles. The van der Waals surface area contributed by atoms with Crippen molar-refractivity contribution in [3.8, 4) is 22.6 Å². The Labute approximate surface area is 158 Å². The maximum atomic E-state index is 6.42. The molecule has 0 bridgehead atoms. The minimum absolute atomic E-state index is 0.330. The summed E-state index contributed by atoms with van der Waals surface area (Å²) in [6, 6.07) is 32.6. The summed E-state index contributed by atoms with van der Waals surface area (Å²) in [6.45, 7) is 2.13. The maximum Gasteiger partial charge on any atom is 0.135 e. The number of ether oxygens (including phenoxy) is 1. The smallest absolute Gasteiger partial charge is 0.135 e. The lowest BCUT2D eigenvalue weighted by molar-refractivity contribution is 0.433. The van der Waals surface area contributed by atoms with Crippen molar-refractivity contribution in [2.45, 2.75) is 12.3 Å². The van der Waals surface area contributed by atoms with E-state index in [9.17, 15) is 0 Å². The second-order valence-electron chi connectivity index (χ2n) is 7.39. The van der Waals surface area contributed by atoms with E-state index in [4.69, 9.17) is 4.74 Å². The molecule has 2 aliphatic rings. The van der Waals surface area contributed by atoms with Crippen molar-refractivity contribution in [3.05, 3.63) is 119 Å². The van der Waals surface area contributed by atoms with Gasteiger partial charge in [0.1, 0.15) is 11.5 Å². The van der Waals surface area contributed by atoms with Crippen molar-refractivity contribution < 1.29 is 4.74 Å². The van der Waals surface area contributed by atoms with E-state index in [1.54, 1.807) is 0 Å². The average Bonchev–Trinajstić information content (AvgIpc) is 3.01. The third-order valence-corrected chi connectivity index (χ3v) is 6.07. The first-order chi connectivity index (χ1) is 13.3. The van der Waals surface area contributed by atoms with Gasteiger partial charge in [0, 0.05) is 11.1 Å². The van der Waals surface area contributed by atoms with E-state index in [2.05, 4.69) is 97.9 Å². The summed E-state index contributed by atoms with van der Waals surface area (Å²) in [6.07, 6.45) is 0. The summed E-state index contributed by atoms with van der Waals surface area (Å²) in [7, 11) is 0. The van der Waals surface area contributed by atoms with Crippen LogP contribution in [0.25, 0.3) is 11.1 Å². The Kier molecular flexibility index (Phi) is 2.80. The van der Waals surface area contributed by atoms with Gasteiger partial charge in [-0.2, -0.15) is 0 Å². The third-order valence-electron chi connectivity index (χ3n) is 6.07. The van der Waals surface area contributed by atoms with Gasteiger partial charge in [-0.1, -0.05) is 84.9 Å². The van der Waals surface area contributed by atoms with E-state index in [1.165, 1.54) is 38.9 Å². The quantitative estimate of drug-likeness (QED) is 0.306. The first kappa shape index (κ1) is 14.8. The number of benzene rings is 4. The van der Waals surface area contributed by atoms with Crippen LogP contribution in [0.5, 0.6) is 11.5 Å². The molecule has 4 aromatic carbocycles. The van der Waals surface area contributed by atoms with Gasteiger partial charge in [-0.3, -0.25) is 0 Å². The Balaban J connectivity index is 1.87. The van der Waals surface area contributed by atoms with Gasteiger partial charge in [0.25, 0.3) is 0 Å². The summed E-state index contributed by atoms with van der Waals surface area (Å²) in [4.78, 5) is 0. The molecule has 0 N–H and O–H groups in total. The van der Waals surface area contributed by atoms with Crippen molar-refractivity contribution in [3.63, 3.8) is 0 Å². The molecular weight excluding hydrogens is 328 g/mol. The highest BCUT2D eigenvalue weighted by Gasteiger charge is 2.50. The van der Waals surface area contributed by atoms with Crippen LogP contribution in [0.2, 0.25) is 0 Å². The molecule has 0 atom stereocenters. The summed E-state index contributed by atoms with van der Waals surface area (Å²) in [5, 5.41) is 0. The second-order valence-corrected chi connectivity index (χ2v) is 7.39. The van der Waals surface area contributed by atoms with Gasteiger partial charge in [0.15, 0.2) is 0 Å². The van der Waals surface area contributed by atoms with Gasteiger partial charge >= 0.3 is 0 Å². The lowest BCUT2D eigenvalue weighted by Gasteiger charge is -2.39. The lowest BCUT2D eigenvalue weighted by Crippen LogP contribution is -2.32. The summed E-state index contributed by atoms with van der Waals surface area (Å²) in [5.74, 6) is 1.94. The second kappa shape index (κ2) is 5.11. The van der Waals surface area contributed by atoms with E-state index in [0.29, 0.717) is 0 Å². The Morgan fingerprint density at radius 3 is 1.81 bits per heavy atom. The molecule has 128 valence electrons. The number of rotatable bonds is 0. The van der Waals surface area contributed by atoms with Gasteiger partial charge in [-0.15, -0.1) is 0 Å². The van der Waals surface area contributed by atoms with Gasteiger partial charge < -0.3 is 4.74 Å². The fraction of sp³-hybridized carbons (Fsp3) is 0.0769. The Hall–Kier alpha value is -3.32. The Morgan fingerprint density at radius 2 is 1.11 bits per heavy atom. The molecule has 6 rings (SSSR count). The monoisotopic (exact) mass is 346 g/mol. The van der Waals surface area contributed by atoms with Gasteiger partial charge in [-0.25, -0.2) is 0 Å². The zero-order valence-electron chi connectivity index (χ0n) is 15.1. The third kappa shape index (κ3) is 1.69. The number of hydrogen-bond acceptors (Lipinski definition) is 1. The van der Waals surface area contributed by atoms with Crippen molar-refractivity contribution >= 4 is 0 Å². The topological polar surface area (TPSA) is 9.23 Å². The van der Waals surface area contributed by atoms with E-state index < -0.39 is 0 Å². The van der Waals surface area contributed by atoms with Crippen LogP contribution < -0.4 is 4.74 Å². The van der Waals surface area contributed by atoms with Crippen LogP contribution in [0, 0.1) is 6.92 Å². The van der Waals surface area contributed by atoms with Crippen LogP contribution in [0.15, 0.2) is 91.0 Å². The van der Waals surface area contributed by atoms with Crippen LogP contribution >= 0.6 is 0 Å². The highest BCUT2D eigenvalue weighted by Crippen LogP contribution is 2.62. The molecule has 0 radical (unpaired) electrons. The fourth-order valence-electron chi connectivity index (χ4n) is 5.02. The first-order valence-electron chi connectivity index (χ1n) is 9.38. The molecule has 0 saturated carbocycles. The number of para-hydroxylation sites is 2. The molecule has 1 heteroatoms. The average molecular weight is 346 g/mol. The lowest BCUT2D eigenvalue weighted by atomic mass is 9.66. The highest BCUT2D eigenvalue weighted by atomic mass is 16.5. The fourth-order valence-corrected chi connectivity index (χ4v) is 5.02. The normalized spacial score (nSPS) is 14.7. The minimum Gasteiger partial charge on any atom is -0.456 e. The summed E-state index contributed by atoms with van der Waals surface area (Å²) >= 11 is 0. The van der Waals surface area contributed by atoms with Gasteiger partial charge in [0.05, 0.1) is 5.41 Å². The Bertz CT molecular complexity index is 1170. The van der Waals surface area contributed by atoms with E-state index >= 15 is 0 Å². The van der Waals surface area contributed by atoms with Crippen molar-refractivity contribution in [2.75, 3.05) is 0 Å². The molecule has 1 heterocycles. The molecule has 1 aliphatic heterocycles. The highest BCUT2D eigenvalue weighted by molar-refractivity contribution is 5.88.